The zero-order valence-electron chi connectivity index (χ0n) is 15.2. The summed E-state index contributed by atoms with van der Waals surface area (Å²) in [6, 6.07) is 8.07. The Labute approximate surface area is 152 Å². The summed E-state index contributed by atoms with van der Waals surface area (Å²) in [7, 11) is 1.67. The molecule has 2 N–H and O–H groups in total. The molecule has 1 amide bonds. The molecule has 0 spiro atoms. The molecule has 1 heterocycles. The molecule has 2 atom stereocenters. The second kappa shape index (κ2) is 8.72. The van der Waals surface area contributed by atoms with Crippen LogP contribution in [0.3, 0.4) is 0 Å². The molecule has 0 saturated carbocycles. The van der Waals surface area contributed by atoms with Crippen LogP contribution in [0.25, 0.3) is 0 Å². The van der Waals surface area contributed by atoms with Gasteiger partial charge in [-0.25, -0.2) is 0 Å². The second-order valence-electron chi connectivity index (χ2n) is 7.39. The Kier molecular flexibility index (Phi) is 7.56. The van der Waals surface area contributed by atoms with Crippen molar-refractivity contribution in [3.8, 4) is 5.75 Å². The summed E-state index contributed by atoms with van der Waals surface area (Å²) >= 11 is 0. The number of benzene rings is 1. The zero-order chi connectivity index (χ0) is 17.0. The van der Waals surface area contributed by atoms with E-state index < -0.39 is 5.41 Å². The minimum absolute atomic E-state index is 0. The molecule has 1 saturated heterocycles. The number of likely N-dealkylation sites (tertiary alicyclic amines) is 1. The van der Waals surface area contributed by atoms with Crippen molar-refractivity contribution in [1.82, 2.24) is 4.90 Å². The Balaban J connectivity index is 0.00000288. The first kappa shape index (κ1) is 20.8. The third-order valence-electron chi connectivity index (χ3n) is 4.89. The van der Waals surface area contributed by atoms with E-state index in [9.17, 15) is 4.79 Å². The maximum absolute atomic E-state index is 13.0. The molecule has 1 aliphatic heterocycles. The van der Waals surface area contributed by atoms with Gasteiger partial charge in [-0.1, -0.05) is 32.0 Å². The van der Waals surface area contributed by atoms with Gasteiger partial charge in [0.05, 0.1) is 7.11 Å². The fourth-order valence-corrected chi connectivity index (χ4v) is 3.45. The van der Waals surface area contributed by atoms with Crippen molar-refractivity contribution in [2.45, 2.75) is 46.1 Å². The number of piperidine rings is 1. The summed E-state index contributed by atoms with van der Waals surface area (Å²) in [5, 5.41) is 0. The molecule has 0 radical (unpaired) electrons. The summed E-state index contributed by atoms with van der Waals surface area (Å²) in [5.41, 5.74) is 6.67. The Morgan fingerprint density at radius 1 is 1.42 bits per heavy atom. The molecule has 136 valence electrons. The number of hydrogen-bond acceptors (Lipinski definition) is 3. The molecule has 5 heteroatoms. The summed E-state index contributed by atoms with van der Waals surface area (Å²) in [4.78, 5) is 15.0. The van der Waals surface area contributed by atoms with Crippen LogP contribution in [0.2, 0.25) is 0 Å². The van der Waals surface area contributed by atoms with Gasteiger partial charge in [0.15, 0.2) is 0 Å². The lowest BCUT2D eigenvalue weighted by molar-refractivity contribution is -0.142. The van der Waals surface area contributed by atoms with E-state index in [1.807, 2.05) is 49.9 Å². The molecular weight excluding hydrogens is 324 g/mol. The summed E-state index contributed by atoms with van der Waals surface area (Å²) < 4.78 is 5.42. The molecule has 1 fully saturated rings. The van der Waals surface area contributed by atoms with Gasteiger partial charge in [-0.05, 0) is 43.7 Å². The van der Waals surface area contributed by atoms with Crippen LogP contribution in [0, 0.1) is 11.3 Å². The van der Waals surface area contributed by atoms with Crippen LogP contribution >= 0.6 is 12.4 Å². The van der Waals surface area contributed by atoms with Gasteiger partial charge in [0.2, 0.25) is 5.91 Å². The molecule has 1 aromatic carbocycles. The standard InChI is InChI=1S/C19H30N2O2.ClH/c1-14(20)16-9-7-11-21(13-16)18(22)19(2,3)12-15-8-5-6-10-17(15)23-4;/h5-6,8,10,14,16H,7,9,11-13,20H2,1-4H3;1H. The average molecular weight is 355 g/mol. The quantitative estimate of drug-likeness (QED) is 0.882. The highest BCUT2D eigenvalue weighted by Gasteiger charge is 2.35. The number of amides is 1. The number of hydrogen-bond donors (Lipinski definition) is 1. The molecule has 0 aliphatic carbocycles. The smallest absolute Gasteiger partial charge is 0.228 e. The second-order valence-corrected chi connectivity index (χ2v) is 7.39. The number of ether oxygens (including phenoxy) is 1. The van der Waals surface area contributed by atoms with E-state index in [0.29, 0.717) is 12.3 Å². The Morgan fingerprint density at radius 3 is 2.71 bits per heavy atom. The summed E-state index contributed by atoms with van der Waals surface area (Å²) in [6.07, 6.45) is 2.84. The van der Waals surface area contributed by atoms with Crippen molar-refractivity contribution in [2.75, 3.05) is 20.2 Å². The van der Waals surface area contributed by atoms with Gasteiger partial charge in [0, 0.05) is 24.5 Å². The maximum atomic E-state index is 13.0. The first-order chi connectivity index (χ1) is 10.8. The number of halogens is 1. The average Bonchev–Trinajstić information content (AvgIpc) is 2.54. The van der Waals surface area contributed by atoms with E-state index in [-0.39, 0.29) is 24.4 Å². The van der Waals surface area contributed by atoms with E-state index in [1.54, 1.807) is 7.11 Å². The van der Waals surface area contributed by atoms with Crippen molar-refractivity contribution in [2.24, 2.45) is 17.1 Å². The number of carbonyl (C=O) groups excluding carboxylic acids is 1. The van der Waals surface area contributed by atoms with Crippen LogP contribution in [0.4, 0.5) is 0 Å². The zero-order valence-corrected chi connectivity index (χ0v) is 16.1. The van der Waals surface area contributed by atoms with Crippen molar-refractivity contribution in [3.05, 3.63) is 29.8 Å². The highest BCUT2D eigenvalue weighted by atomic mass is 35.5. The summed E-state index contributed by atoms with van der Waals surface area (Å²) in [5.74, 6) is 1.48. The van der Waals surface area contributed by atoms with Gasteiger partial charge in [-0.3, -0.25) is 4.79 Å². The lowest BCUT2D eigenvalue weighted by Gasteiger charge is -2.39. The van der Waals surface area contributed by atoms with E-state index >= 15 is 0 Å². The van der Waals surface area contributed by atoms with E-state index in [4.69, 9.17) is 10.5 Å². The highest BCUT2D eigenvalue weighted by Crippen LogP contribution is 2.31. The van der Waals surface area contributed by atoms with Crippen LogP contribution in [-0.4, -0.2) is 37.0 Å². The van der Waals surface area contributed by atoms with Crippen molar-refractivity contribution in [3.63, 3.8) is 0 Å². The van der Waals surface area contributed by atoms with Crippen LogP contribution in [0.5, 0.6) is 5.75 Å². The molecule has 0 bridgehead atoms. The normalized spacial score (nSPS) is 19.4. The number of nitrogens with zero attached hydrogens (tertiary/aromatic N) is 1. The van der Waals surface area contributed by atoms with Crippen molar-refractivity contribution >= 4 is 18.3 Å². The van der Waals surface area contributed by atoms with E-state index in [1.165, 1.54) is 0 Å². The predicted octanol–water partition coefficient (Wildman–Crippen LogP) is 3.27. The number of methoxy groups -OCH3 is 1. The van der Waals surface area contributed by atoms with Gasteiger partial charge in [0.25, 0.3) is 0 Å². The molecule has 4 nitrogen and oxygen atoms in total. The van der Waals surface area contributed by atoms with Crippen molar-refractivity contribution < 1.29 is 9.53 Å². The molecule has 24 heavy (non-hydrogen) atoms. The Hall–Kier alpha value is -1.26. The lowest BCUT2D eigenvalue weighted by Crippen LogP contribution is -2.49. The van der Waals surface area contributed by atoms with Crippen LogP contribution in [0.1, 0.15) is 39.2 Å². The molecular formula is C19H31ClN2O2. The summed E-state index contributed by atoms with van der Waals surface area (Å²) in [6.45, 7) is 7.72. The number of para-hydroxylation sites is 1. The third-order valence-corrected chi connectivity index (χ3v) is 4.89. The van der Waals surface area contributed by atoms with Gasteiger partial charge >= 0.3 is 0 Å². The Bertz CT molecular complexity index is 546. The first-order valence-corrected chi connectivity index (χ1v) is 8.52. The van der Waals surface area contributed by atoms with Gasteiger partial charge in [-0.2, -0.15) is 0 Å². The SMILES string of the molecule is COc1ccccc1CC(C)(C)C(=O)N1CCCC(C(C)N)C1.Cl. The largest absolute Gasteiger partial charge is 0.496 e. The van der Waals surface area contributed by atoms with Gasteiger partial charge in [0.1, 0.15) is 5.75 Å². The van der Waals surface area contributed by atoms with Crippen LogP contribution in [0.15, 0.2) is 24.3 Å². The van der Waals surface area contributed by atoms with Crippen LogP contribution < -0.4 is 10.5 Å². The van der Waals surface area contributed by atoms with Crippen LogP contribution in [-0.2, 0) is 11.2 Å². The first-order valence-electron chi connectivity index (χ1n) is 8.52. The monoisotopic (exact) mass is 354 g/mol. The van der Waals surface area contributed by atoms with E-state index in [0.717, 1.165) is 37.2 Å². The molecule has 1 aliphatic rings. The molecule has 1 aromatic rings. The van der Waals surface area contributed by atoms with Crippen molar-refractivity contribution in [1.29, 1.82) is 0 Å². The number of carbonyl (C=O) groups is 1. The minimum Gasteiger partial charge on any atom is -0.496 e. The topological polar surface area (TPSA) is 55.6 Å². The molecule has 2 unspecified atom stereocenters. The Morgan fingerprint density at radius 2 is 2.08 bits per heavy atom. The third kappa shape index (κ3) is 4.87. The maximum Gasteiger partial charge on any atom is 0.228 e. The van der Waals surface area contributed by atoms with Gasteiger partial charge in [-0.15, -0.1) is 12.4 Å². The minimum atomic E-state index is -0.450. The predicted molar refractivity (Wildman–Crippen MR) is 101 cm³/mol. The molecule has 0 aromatic heterocycles. The van der Waals surface area contributed by atoms with E-state index in [2.05, 4.69) is 0 Å². The molecule has 2 rings (SSSR count). The fourth-order valence-electron chi connectivity index (χ4n) is 3.45. The number of nitrogens with two attached hydrogens (primary N) is 1. The number of rotatable bonds is 5. The fraction of sp³-hybridized carbons (Fsp3) is 0.632. The lowest BCUT2D eigenvalue weighted by atomic mass is 9.82. The highest BCUT2D eigenvalue weighted by molar-refractivity contribution is 5.85. The van der Waals surface area contributed by atoms with Gasteiger partial charge < -0.3 is 15.4 Å².